The summed E-state index contributed by atoms with van der Waals surface area (Å²) >= 11 is 0. The summed E-state index contributed by atoms with van der Waals surface area (Å²) in [7, 11) is 1.62. The van der Waals surface area contributed by atoms with Crippen molar-refractivity contribution in [2.45, 2.75) is 32.9 Å². The van der Waals surface area contributed by atoms with Gasteiger partial charge in [-0.2, -0.15) is 0 Å². The van der Waals surface area contributed by atoms with Crippen LogP contribution in [-0.4, -0.2) is 36.2 Å². The molecular weight excluding hydrogens is 535 g/mol. The Bertz CT molecular complexity index is 1020. The van der Waals surface area contributed by atoms with Crippen molar-refractivity contribution in [2.75, 3.05) is 20.2 Å². The maximum atomic E-state index is 10.7. The number of guanidine groups is 1. The van der Waals surface area contributed by atoms with Gasteiger partial charge in [0.25, 0.3) is 0 Å². The molecule has 2 heterocycles. The number of nitrogens with one attached hydrogen (secondary N) is 2. The smallest absolute Gasteiger partial charge is 0.219 e. The van der Waals surface area contributed by atoms with Crippen LogP contribution in [0.3, 0.4) is 0 Å². The highest BCUT2D eigenvalue weighted by atomic mass is 127. The Kier molecular flexibility index (Phi) is 9.98. The van der Waals surface area contributed by atoms with E-state index in [0.29, 0.717) is 36.4 Å². The van der Waals surface area contributed by atoms with Gasteiger partial charge in [0.05, 0.1) is 20.2 Å². The fraction of sp³-hybridized carbons (Fsp3) is 0.333. The summed E-state index contributed by atoms with van der Waals surface area (Å²) in [5.74, 6) is 3.81. The number of aryl methyl sites for hydroxylation is 1. The van der Waals surface area contributed by atoms with Gasteiger partial charge in [0, 0.05) is 18.8 Å². The van der Waals surface area contributed by atoms with Crippen LogP contribution >= 0.6 is 24.0 Å². The van der Waals surface area contributed by atoms with Crippen LogP contribution in [0.2, 0.25) is 0 Å². The van der Waals surface area contributed by atoms with Crippen LogP contribution in [0.4, 0.5) is 0 Å². The number of benzene rings is 1. The van der Waals surface area contributed by atoms with E-state index >= 15 is 0 Å². The molecule has 0 aliphatic heterocycles. The van der Waals surface area contributed by atoms with E-state index in [2.05, 4.69) is 20.6 Å². The normalized spacial score (nSPS) is 12.9. The van der Waals surface area contributed by atoms with Crippen molar-refractivity contribution >= 4 is 29.9 Å². The molecule has 178 valence electrons. The quantitative estimate of drug-likeness (QED) is 0.201. The van der Waals surface area contributed by atoms with Gasteiger partial charge >= 0.3 is 0 Å². The Morgan fingerprint density at radius 1 is 1.09 bits per heavy atom. The molecule has 3 aromatic rings. The minimum absolute atomic E-state index is 0. The van der Waals surface area contributed by atoms with Gasteiger partial charge < -0.3 is 29.6 Å². The SMILES string of the molecule is CCNC(=NCc1ccc(Oc2ccc(OC)cc2)nc1)NCC(C)(O)c1ccc(C)o1.I. The van der Waals surface area contributed by atoms with Crippen LogP contribution in [0.1, 0.15) is 30.9 Å². The molecule has 0 spiro atoms. The second-order valence-corrected chi connectivity index (χ2v) is 7.52. The van der Waals surface area contributed by atoms with Crippen LogP contribution in [0.25, 0.3) is 0 Å². The van der Waals surface area contributed by atoms with Crippen molar-refractivity contribution in [3.8, 4) is 17.4 Å². The number of aliphatic hydroxyl groups is 1. The average Bonchev–Trinajstić information content (AvgIpc) is 3.24. The zero-order valence-electron chi connectivity index (χ0n) is 19.3. The summed E-state index contributed by atoms with van der Waals surface area (Å²) < 4.78 is 16.5. The fourth-order valence-corrected chi connectivity index (χ4v) is 2.91. The standard InChI is InChI=1S/C24H30N4O4.HI/c1-5-25-23(28-16-24(3,29)21-12-6-17(2)31-21)27-15-18-7-13-22(26-14-18)32-20-10-8-19(30-4)9-11-20;/h6-14,29H,5,15-16H2,1-4H3,(H2,25,27,28);1H. The van der Waals surface area contributed by atoms with E-state index in [1.165, 1.54) is 0 Å². The second-order valence-electron chi connectivity index (χ2n) is 7.52. The number of pyridine rings is 1. The number of hydrogen-bond acceptors (Lipinski definition) is 6. The third-order valence-electron chi connectivity index (χ3n) is 4.71. The molecule has 0 aliphatic rings. The van der Waals surface area contributed by atoms with Crippen LogP contribution in [-0.2, 0) is 12.1 Å². The van der Waals surface area contributed by atoms with Crippen molar-refractivity contribution in [3.63, 3.8) is 0 Å². The maximum absolute atomic E-state index is 10.7. The lowest BCUT2D eigenvalue weighted by molar-refractivity contribution is 0.0378. The summed E-state index contributed by atoms with van der Waals surface area (Å²) in [5.41, 5.74) is -0.232. The van der Waals surface area contributed by atoms with Gasteiger partial charge in [-0.15, -0.1) is 24.0 Å². The van der Waals surface area contributed by atoms with Gasteiger partial charge in [0.2, 0.25) is 5.88 Å². The third kappa shape index (κ3) is 7.93. The molecule has 0 radical (unpaired) electrons. The number of rotatable bonds is 9. The maximum Gasteiger partial charge on any atom is 0.219 e. The number of aromatic nitrogens is 1. The molecule has 0 saturated heterocycles. The van der Waals surface area contributed by atoms with Gasteiger partial charge in [0.1, 0.15) is 28.6 Å². The molecule has 0 fully saturated rings. The summed E-state index contributed by atoms with van der Waals surface area (Å²) in [5, 5.41) is 17.1. The first kappa shape index (κ1) is 26.5. The van der Waals surface area contributed by atoms with Crippen molar-refractivity contribution in [3.05, 3.63) is 71.8 Å². The number of nitrogens with zero attached hydrogens (tertiary/aromatic N) is 2. The lowest BCUT2D eigenvalue weighted by Gasteiger charge is -2.22. The predicted molar refractivity (Wildman–Crippen MR) is 139 cm³/mol. The van der Waals surface area contributed by atoms with Crippen LogP contribution in [0.15, 0.2) is 64.1 Å². The first-order valence-electron chi connectivity index (χ1n) is 10.5. The lowest BCUT2D eigenvalue weighted by Crippen LogP contribution is -2.44. The molecule has 1 atom stereocenters. The highest BCUT2D eigenvalue weighted by Crippen LogP contribution is 2.23. The lowest BCUT2D eigenvalue weighted by atomic mass is 10.0. The van der Waals surface area contributed by atoms with E-state index in [9.17, 15) is 5.11 Å². The number of furan rings is 1. The van der Waals surface area contributed by atoms with E-state index in [0.717, 1.165) is 17.1 Å². The Hall–Kier alpha value is -2.79. The van der Waals surface area contributed by atoms with Gasteiger partial charge in [-0.3, -0.25) is 0 Å². The molecule has 0 saturated carbocycles. The van der Waals surface area contributed by atoms with Gasteiger partial charge in [0.15, 0.2) is 5.96 Å². The molecule has 8 nitrogen and oxygen atoms in total. The zero-order valence-corrected chi connectivity index (χ0v) is 21.6. The van der Waals surface area contributed by atoms with Crippen molar-refractivity contribution < 1.29 is 19.0 Å². The predicted octanol–water partition coefficient (Wildman–Crippen LogP) is 4.36. The monoisotopic (exact) mass is 566 g/mol. The minimum atomic E-state index is -1.16. The van der Waals surface area contributed by atoms with Crippen LogP contribution in [0, 0.1) is 6.92 Å². The van der Waals surface area contributed by atoms with Crippen molar-refractivity contribution in [2.24, 2.45) is 4.99 Å². The van der Waals surface area contributed by atoms with E-state index in [1.807, 2.05) is 50.2 Å². The Morgan fingerprint density at radius 2 is 1.82 bits per heavy atom. The molecule has 3 rings (SSSR count). The van der Waals surface area contributed by atoms with E-state index in [4.69, 9.17) is 13.9 Å². The molecule has 3 N–H and O–H groups in total. The fourth-order valence-electron chi connectivity index (χ4n) is 2.91. The number of aliphatic imine (C=N–C) groups is 1. The van der Waals surface area contributed by atoms with Crippen LogP contribution < -0.4 is 20.1 Å². The van der Waals surface area contributed by atoms with Crippen molar-refractivity contribution in [1.82, 2.24) is 15.6 Å². The molecule has 1 aromatic carbocycles. The largest absolute Gasteiger partial charge is 0.497 e. The Balaban J connectivity index is 0.00000385. The van der Waals surface area contributed by atoms with Crippen LogP contribution in [0.5, 0.6) is 17.4 Å². The molecule has 9 heteroatoms. The third-order valence-corrected chi connectivity index (χ3v) is 4.71. The van der Waals surface area contributed by atoms with Crippen molar-refractivity contribution in [1.29, 1.82) is 0 Å². The van der Waals surface area contributed by atoms with Gasteiger partial charge in [-0.05, 0) is 62.7 Å². The number of hydrogen-bond donors (Lipinski definition) is 3. The minimum Gasteiger partial charge on any atom is -0.497 e. The van der Waals surface area contributed by atoms with E-state index in [1.54, 1.807) is 32.4 Å². The summed E-state index contributed by atoms with van der Waals surface area (Å²) in [4.78, 5) is 8.93. The number of halogens is 1. The summed E-state index contributed by atoms with van der Waals surface area (Å²) in [6.07, 6.45) is 1.73. The molecule has 1 unspecified atom stereocenters. The average molecular weight is 566 g/mol. The number of methoxy groups -OCH3 is 1. The highest BCUT2D eigenvalue weighted by Gasteiger charge is 2.27. The molecule has 33 heavy (non-hydrogen) atoms. The van der Waals surface area contributed by atoms with E-state index < -0.39 is 5.60 Å². The topological polar surface area (TPSA) is 101 Å². The zero-order chi connectivity index (χ0) is 23.0. The first-order valence-corrected chi connectivity index (χ1v) is 10.5. The molecule has 2 aromatic heterocycles. The molecular formula is C24H31IN4O4. The van der Waals surface area contributed by atoms with Gasteiger partial charge in [-0.25, -0.2) is 9.98 Å². The van der Waals surface area contributed by atoms with Gasteiger partial charge in [-0.1, -0.05) is 6.07 Å². The summed E-state index contributed by atoms with van der Waals surface area (Å²) in [6.45, 7) is 6.90. The second kappa shape index (κ2) is 12.4. The van der Waals surface area contributed by atoms with E-state index in [-0.39, 0.29) is 30.5 Å². The number of ether oxygens (including phenoxy) is 2. The molecule has 0 bridgehead atoms. The molecule has 0 amide bonds. The molecule has 0 aliphatic carbocycles. The first-order chi connectivity index (χ1) is 15.4. The highest BCUT2D eigenvalue weighted by molar-refractivity contribution is 14.0. The summed E-state index contributed by atoms with van der Waals surface area (Å²) in [6, 6.07) is 14.6. The Morgan fingerprint density at radius 3 is 2.39 bits per heavy atom. The Labute approximate surface area is 211 Å².